The van der Waals surface area contributed by atoms with Gasteiger partial charge in [0, 0.05) is 6.42 Å². The van der Waals surface area contributed by atoms with Gasteiger partial charge in [-0.1, -0.05) is 230 Å². The highest BCUT2D eigenvalue weighted by Crippen LogP contribution is 2.43. The molecule has 3 atom stereocenters. The molecule has 8 nitrogen and oxygen atoms in total. The molecular weight excluding hydrogens is 792 g/mol. The maximum Gasteiger partial charge on any atom is 0.472 e. The van der Waals surface area contributed by atoms with E-state index in [9.17, 15) is 19.4 Å². The van der Waals surface area contributed by atoms with Gasteiger partial charge in [0.2, 0.25) is 5.91 Å². The van der Waals surface area contributed by atoms with Crippen LogP contribution in [0.1, 0.15) is 245 Å². The van der Waals surface area contributed by atoms with E-state index in [1.165, 1.54) is 154 Å². The summed E-state index contributed by atoms with van der Waals surface area (Å²) in [5.41, 5.74) is 0. The minimum Gasteiger partial charge on any atom is -0.391 e. The van der Waals surface area contributed by atoms with Crippen molar-refractivity contribution in [2.45, 2.75) is 257 Å². The zero-order chi connectivity index (χ0) is 45.7. The molecule has 0 spiro atoms. The zero-order valence-corrected chi connectivity index (χ0v) is 42.5. The summed E-state index contributed by atoms with van der Waals surface area (Å²) in [7, 11) is 1.60. The standard InChI is InChI=1S/C53H103N2O6P/c1-6-8-10-12-14-16-18-20-21-22-23-24-25-26-27-28-29-30-31-32-33-35-36-38-40-42-44-46-52(56)51(50-61-62(58,59)60-49-48-55(3,4)5)54-53(57)47-45-43-41-39-37-34-19-17-15-13-11-9-7-2/h9,11,15,17,34,37,51-52,56H,6-8,10,12-14,16,18-33,35-36,38-50H2,1-5H3,(H-,54,57,58,59)/p+1/b11-9-,17-15-,37-34-. The second-order valence-corrected chi connectivity index (χ2v) is 20.7. The van der Waals surface area contributed by atoms with Crippen molar-refractivity contribution in [3.63, 3.8) is 0 Å². The second-order valence-electron chi connectivity index (χ2n) is 19.2. The van der Waals surface area contributed by atoms with Crippen molar-refractivity contribution in [2.75, 3.05) is 40.9 Å². The number of nitrogens with zero attached hydrogens (tertiary/aromatic N) is 1. The molecular formula is C53H104N2O6P+. The molecule has 0 bridgehead atoms. The quantitative estimate of drug-likeness (QED) is 0.0243. The van der Waals surface area contributed by atoms with Crippen LogP contribution in [0.25, 0.3) is 0 Å². The molecule has 0 aromatic carbocycles. The third kappa shape index (κ3) is 46.7. The first kappa shape index (κ1) is 60.7. The Hall–Kier alpha value is -1.28. The largest absolute Gasteiger partial charge is 0.472 e. The van der Waals surface area contributed by atoms with Gasteiger partial charge in [0.1, 0.15) is 13.2 Å². The van der Waals surface area contributed by atoms with E-state index >= 15 is 0 Å². The van der Waals surface area contributed by atoms with Crippen LogP contribution in [0, 0.1) is 0 Å². The van der Waals surface area contributed by atoms with E-state index < -0.39 is 20.0 Å². The molecule has 0 radical (unpaired) electrons. The average Bonchev–Trinajstić information content (AvgIpc) is 3.23. The summed E-state index contributed by atoms with van der Waals surface area (Å²) in [6.45, 7) is 4.77. The molecule has 3 N–H and O–H groups in total. The number of carbonyl (C=O) groups is 1. The van der Waals surface area contributed by atoms with Crippen molar-refractivity contribution < 1.29 is 32.9 Å². The molecule has 0 saturated heterocycles. The van der Waals surface area contributed by atoms with Crippen molar-refractivity contribution in [3.8, 4) is 0 Å². The molecule has 0 saturated carbocycles. The highest BCUT2D eigenvalue weighted by Gasteiger charge is 2.28. The Morgan fingerprint density at radius 2 is 0.968 bits per heavy atom. The van der Waals surface area contributed by atoms with Gasteiger partial charge in [0.25, 0.3) is 0 Å². The number of carbonyl (C=O) groups excluding carboxylic acids is 1. The second kappa shape index (κ2) is 44.9. The van der Waals surface area contributed by atoms with E-state index in [0.29, 0.717) is 23.9 Å². The number of aliphatic hydroxyl groups is 1. The first-order chi connectivity index (χ1) is 30.0. The number of amides is 1. The van der Waals surface area contributed by atoms with Gasteiger partial charge in [-0.2, -0.15) is 0 Å². The number of quaternary nitrogens is 1. The first-order valence-electron chi connectivity index (χ1n) is 26.4. The van der Waals surface area contributed by atoms with Crippen molar-refractivity contribution in [1.29, 1.82) is 0 Å². The lowest BCUT2D eigenvalue weighted by molar-refractivity contribution is -0.870. The Morgan fingerprint density at radius 3 is 1.40 bits per heavy atom. The van der Waals surface area contributed by atoms with Crippen LogP contribution in [-0.4, -0.2) is 73.4 Å². The van der Waals surface area contributed by atoms with Crippen molar-refractivity contribution in [1.82, 2.24) is 5.32 Å². The van der Waals surface area contributed by atoms with Gasteiger partial charge < -0.3 is 19.8 Å². The van der Waals surface area contributed by atoms with Crippen LogP contribution in [0.5, 0.6) is 0 Å². The molecule has 3 unspecified atom stereocenters. The Bertz CT molecular complexity index is 1110. The molecule has 0 heterocycles. The molecule has 1 amide bonds. The molecule has 0 rings (SSSR count). The number of nitrogens with one attached hydrogen (secondary N) is 1. The summed E-state index contributed by atoms with van der Waals surface area (Å²) in [5.74, 6) is -0.172. The lowest BCUT2D eigenvalue weighted by atomic mass is 10.0. The molecule has 0 aliphatic rings. The number of likely N-dealkylation sites (N-methyl/N-ethyl adjacent to an activating group) is 1. The molecule has 9 heteroatoms. The number of allylic oxidation sites excluding steroid dienone is 6. The minimum absolute atomic E-state index is 0.0685. The van der Waals surface area contributed by atoms with Gasteiger partial charge in [0.05, 0.1) is 39.9 Å². The zero-order valence-electron chi connectivity index (χ0n) is 41.6. The van der Waals surface area contributed by atoms with Crippen LogP contribution in [0.15, 0.2) is 36.5 Å². The van der Waals surface area contributed by atoms with E-state index in [1.807, 2.05) is 21.1 Å². The highest BCUT2D eigenvalue weighted by atomic mass is 31.2. The summed E-state index contributed by atoms with van der Waals surface area (Å²) in [5, 5.41) is 14.0. The van der Waals surface area contributed by atoms with Gasteiger partial charge >= 0.3 is 7.82 Å². The summed E-state index contributed by atoms with van der Waals surface area (Å²) < 4.78 is 23.7. The minimum atomic E-state index is -4.33. The highest BCUT2D eigenvalue weighted by molar-refractivity contribution is 7.47. The first-order valence-corrected chi connectivity index (χ1v) is 27.8. The van der Waals surface area contributed by atoms with E-state index in [4.69, 9.17) is 9.05 Å². The predicted molar refractivity (Wildman–Crippen MR) is 268 cm³/mol. The van der Waals surface area contributed by atoms with Crippen LogP contribution in [0.4, 0.5) is 0 Å². The average molecular weight is 896 g/mol. The fraction of sp³-hybridized carbons (Fsp3) is 0.868. The van der Waals surface area contributed by atoms with Crippen LogP contribution in [-0.2, 0) is 18.4 Å². The number of aliphatic hydroxyl groups excluding tert-OH is 1. The fourth-order valence-electron chi connectivity index (χ4n) is 7.77. The van der Waals surface area contributed by atoms with E-state index in [2.05, 4.69) is 55.6 Å². The van der Waals surface area contributed by atoms with E-state index in [0.717, 1.165) is 64.2 Å². The topological polar surface area (TPSA) is 105 Å². The van der Waals surface area contributed by atoms with Gasteiger partial charge in [-0.3, -0.25) is 13.8 Å². The predicted octanol–water partition coefficient (Wildman–Crippen LogP) is 15.4. The summed E-state index contributed by atoms with van der Waals surface area (Å²) >= 11 is 0. The molecule has 0 aliphatic carbocycles. The lowest BCUT2D eigenvalue weighted by Gasteiger charge is -2.26. The lowest BCUT2D eigenvalue weighted by Crippen LogP contribution is -2.46. The number of rotatable bonds is 48. The van der Waals surface area contributed by atoms with Crippen molar-refractivity contribution in [2.24, 2.45) is 0 Å². The molecule has 366 valence electrons. The van der Waals surface area contributed by atoms with Gasteiger partial charge in [-0.25, -0.2) is 4.57 Å². The smallest absolute Gasteiger partial charge is 0.391 e. The normalized spacial score (nSPS) is 14.4. The SMILES string of the molecule is CC/C=C\C/C=C\C/C=C\CCCCCC(=O)NC(COP(=O)(O)OCC[N+](C)(C)C)C(O)CCCCCCCCCCCCCCCCCCCCCCCCCCCCC. The number of unbranched alkanes of at least 4 members (excludes halogenated alkanes) is 29. The maximum atomic E-state index is 12.9. The van der Waals surface area contributed by atoms with Crippen LogP contribution in [0.3, 0.4) is 0 Å². The summed E-state index contributed by atoms with van der Waals surface area (Å²) in [6, 6.07) is -0.775. The number of phosphoric acid groups is 1. The number of hydrogen-bond acceptors (Lipinski definition) is 5. The number of phosphoric ester groups is 1. The molecule has 0 fully saturated rings. The molecule has 0 aliphatic heterocycles. The Labute approximate surface area is 385 Å². The molecule has 62 heavy (non-hydrogen) atoms. The Kier molecular flexibility index (Phi) is 44.0. The van der Waals surface area contributed by atoms with Gasteiger partial charge in [0.15, 0.2) is 0 Å². The third-order valence-corrected chi connectivity index (χ3v) is 12.9. The Balaban J connectivity index is 4.13. The maximum absolute atomic E-state index is 12.9. The van der Waals surface area contributed by atoms with Crippen molar-refractivity contribution in [3.05, 3.63) is 36.5 Å². The fourth-order valence-corrected chi connectivity index (χ4v) is 8.50. The van der Waals surface area contributed by atoms with Gasteiger partial charge in [-0.15, -0.1) is 0 Å². The molecule has 0 aromatic heterocycles. The van der Waals surface area contributed by atoms with Crippen LogP contribution < -0.4 is 5.32 Å². The van der Waals surface area contributed by atoms with E-state index in [-0.39, 0.29) is 19.1 Å². The van der Waals surface area contributed by atoms with Gasteiger partial charge in [-0.05, 0) is 44.9 Å². The summed E-state index contributed by atoms with van der Waals surface area (Å²) in [6.07, 6.45) is 56.4. The van der Waals surface area contributed by atoms with Crippen molar-refractivity contribution >= 4 is 13.7 Å². The third-order valence-electron chi connectivity index (χ3n) is 11.9. The monoisotopic (exact) mass is 896 g/mol. The molecule has 0 aromatic rings. The summed E-state index contributed by atoms with van der Waals surface area (Å²) in [4.78, 5) is 23.2. The number of hydrogen-bond donors (Lipinski definition) is 3. The van der Waals surface area contributed by atoms with E-state index in [1.54, 1.807) is 0 Å². The van der Waals surface area contributed by atoms with Crippen LogP contribution >= 0.6 is 7.82 Å². The Morgan fingerprint density at radius 1 is 0.565 bits per heavy atom. The van der Waals surface area contributed by atoms with Crippen LogP contribution in [0.2, 0.25) is 0 Å².